The minimum Gasteiger partial charge on any atom is -0.207 e. The third-order valence-corrected chi connectivity index (χ3v) is 6.79. The number of hydrogen-bond acceptors (Lipinski definition) is 2. The molecular weight excluding hydrogens is 366 g/mol. The van der Waals surface area contributed by atoms with E-state index in [2.05, 4.69) is 11.8 Å². The van der Waals surface area contributed by atoms with Crippen molar-refractivity contribution in [2.45, 2.75) is 30.8 Å². The van der Waals surface area contributed by atoms with Crippen molar-refractivity contribution < 1.29 is 8.42 Å². The molecule has 1 aliphatic rings. The van der Waals surface area contributed by atoms with Crippen molar-refractivity contribution in [2.75, 3.05) is 0 Å². The zero-order chi connectivity index (χ0) is 19.7. The molecule has 0 bridgehead atoms. The molecule has 140 valence electrons. The first-order chi connectivity index (χ1) is 13.5. The van der Waals surface area contributed by atoms with Crippen molar-refractivity contribution in [2.24, 2.45) is 0 Å². The van der Waals surface area contributed by atoms with Crippen LogP contribution in [-0.4, -0.2) is 18.8 Å². The number of hydrogen-bond donors (Lipinski definition) is 0. The third kappa shape index (κ3) is 3.60. The van der Waals surface area contributed by atoms with Gasteiger partial charge in [0.2, 0.25) is 10.0 Å². The lowest BCUT2D eigenvalue weighted by Crippen LogP contribution is -2.14. The summed E-state index contributed by atoms with van der Waals surface area (Å²) in [5.41, 5.74) is 4.02. The highest BCUT2D eigenvalue weighted by molar-refractivity contribution is 7.89. The fourth-order valence-corrected chi connectivity index (χ4v) is 4.93. The van der Waals surface area contributed by atoms with Crippen LogP contribution in [-0.2, 0) is 10.0 Å². The van der Waals surface area contributed by atoms with Crippen LogP contribution >= 0.6 is 0 Å². The zero-order valence-corrected chi connectivity index (χ0v) is 16.6. The largest absolute Gasteiger partial charge is 0.244 e. The van der Waals surface area contributed by atoms with Gasteiger partial charge in [-0.1, -0.05) is 77.6 Å². The molecule has 1 fully saturated rings. The summed E-state index contributed by atoms with van der Waals surface area (Å²) in [5.74, 6) is 6.29. The summed E-state index contributed by atoms with van der Waals surface area (Å²) in [5, 5.41) is 0. The molecule has 0 aromatic heterocycles. The van der Waals surface area contributed by atoms with Crippen molar-refractivity contribution in [1.29, 1.82) is 0 Å². The molecule has 3 aromatic rings. The predicted octanol–water partition coefficient (Wildman–Crippen LogP) is 4.47. The van der Waals surface area contributed by atoms with Gasteiger partial charge < -0.3 is 0 Å². The van der Waals surface area contributed by atoms with Crippen LogP contribution in [0.15, 0.2) is 83.8 Å². The van der Waals surface area contributed by atoms with Crippen LogP contribution in [0.2, 0.25) is 0 Å². The van der Waals surface area contributed by atoms with Gasteiger partial charge in [0, 0.05) is 5.56 Å². The fourth-order valence-electron chi connectivity index (χ4n) is 3.26. The Labute approximate surface area is 166 Å². The molecule has 1 heterocycles. The molecule has 1 saturated heterocycles. The van der Waals surface area contributed by atoms with Crippen molar-refractivity contribution in [1.82, 2.24) is 4.31 Å². The molecule has 1 aliphatic heterocycles. The Hall–Kier alpha value is -2.87. The zero-order valence-electron chi connectivity index (χ0n) is 15.8. The van der Waals surface area contributed by atoms with Gasteiger partial charge >= 0.3 is 0 Å². The van der Waals surface area contributed by atoms with E-state index in [-0.39, 0.29) is 12.1 Å². The first kappa shape index (κ1) is 18.5. The highest BCUT2D eigenvalue weighted by Gasteiger charge is 2.55. The van der Waals surface area contributed by atoms with Crippen LogP contribution in [0.25, 0.3) is 0 Å². The van der Waals surface area contributed by atoms with Gasteiger partial charge in [-0.2, -0.15) is 4.31 Å². The summed E-state index contributed by atoms with van der Waals surface area (Å²) in [7, 11) is -3.61. The minimum absolute atomic E-state index is 0.261. The predicted molar refractivity (Wildman–Crippen MR) is 111 cm³/mol. The number of sulfonamides is 1. The Morgan fingerprint density at radius 2 is 1.36 bits per heavy atom. The van der Waals surface area contributed by atoms with Crippen molar-refractivity contribution >= 4 is 10.0 Å². The van der Waals surface area contributed by atoms with Gasteiger partial charge in [-0.25, -0.2) is 8.42 Å². The molecule has 3 nitrogen and oxygen atoms in total. The fraction of sp³-hybridized carbons (Fsp3) is 0.167. The molecule has 1 unspecified atom stereocenters. The summed E-state index contributed by atoms with van der Waals surface area (Å²) in [6, 6.07) is 24.0. The molecule has 0 aliphatic carbocycles. The highest BCUT2D eigenvalue weighted by Crippen LogP contribution is 2.47. The number of benzene rings is 3. The van der Waals surface area contributed by atoms with Gasteiger partial charge in [-0.05, 0) is 43.7 Å². The van der Waals surface area contributed by atoms with E-state index >= 15 is 0 Å². The van der Waals surface area contributed by atoms with Crippen LogP contribution in [0, 0.1) is 25.7 Å². The topological polar surface area (TPSA) is 37.1 Å². The minimum atomic E-state index is -3.61. The van der Waals surface area contributed by atoms with E-state index < -0.39 is 10.0 Å². The van der Waals surface area contributed by atoms with Crippen molar-refractivity contribution in [3.05, 3.63) is 101 Å². The second-order valence-corrected chi connectivity index (χ2v) is 8.93. The summed E-state index contributed by atoms with van der Waals surface area (Å²) in [6.45, 7) is 3.96. The van der Waals surface area contributed by atoms with Gasteiger partial charge in [-0.15, -0.1) is 0 Å². The monoisotopic (exact) mass is 387 g/mol. The maximum absolute atomic E-state index is 13.2. The van der Waals surface area contributed by atoms with E-state index in [9.17, 15) is 8.42 Å². The summed E-state index contributed by atoms with van der Waals surface area (Å²) < 4.78 is 28.0. The Bertz CT molecular complexity index is 1140. The lowest BCUT2D eigenvalue weighted by Gasteiger charge is -2.07. The number of nitrogens with zero attached hydrogens (tertiary/aromatic N) is 1. The quantitative estimate of drug-likeness (QED) is 0.491. The van der Waals surface area contributed by atoms with E-state index in [1.807, 2.05) is 80.6 Å². The molecule has 0 radical (unpaired) electrons. The Morgan fingerprint density at radius 1 is 0.786 bits per heavy atom. The lowest BCUT2D eigenvalue weighted by molar-refractivity contribution is 0.551. The van der Waals surface area contributed by atoms with E-state index in [0.29, 0.717) is 4.90 Å². The Balaban J connectivity index is 1.71. The molecule has 4 rings (SSSR count). The maximum atomic E-state index is 13.2. The molecule has 0 spiro atoms. The average Bonchev–Trinajstić information content (AvgIpc) is 3.43. The second-order valence-electron chi connectivity index (χ2n) is 7.08. The maximum Gasteiger partial charge on any atom is 0.244 e. The summed E-state index contributed by atoms with van der Waals surface area (Å²) >= 11 is 0. The van der Waals surface area contributed by atoms with Gasteiger partial charge in [0.1, 0.15) is 6.04 Å². The first-order valence-electron chi connectivity index (χ1n) is 9.20. The second kappa shape index (κ2) is 7.27. The molecule has 0 amide bonds. The van der Waals surface area contributed by atoms with E-state index in [0.717, 1.165) is 22.3 Å². The highest BCUT2D eigenvalue weighted by atomic mass is 32.2. The molecule has 0 saturated carbocycles. The molecule has 4 heteroatoms. The third-order valence-electron chi connectivity index (χ3n) is 4.91. The molecular formula is C24H21NO2S. The Morgan fingerprint density at radius 3 is 1.96 bits per heavy atom. The van der Waals surface area contributed by atoms with Crippen molar-refractivity contribution in [3.8, 4) is 11.8 Å². The van der Waals surface area contributed by atoms with Crippen LogP contribution in [0.1, 0.15) is 28.3 Å². The summed E-state index contributed by atoms with van der Waals surface area (Å²) in [6.07, 6.45) is 0. The van der Waals surface area contributed by atoms with Crippen LogP contribution in [0.3, 0.4) is 0 Å². The van der Waals surface area contributed by atoms with Gasteiger partial charge in [0.15, 0.2) is 0 Å². The smallest absolute Gasteiger partial charge is 0.207 e. The van der Waals surface area contributed by atoms with E-state index in [1.165, 1.54) is 4.31 Å². The van der Waals surface area contributed by atoms with Gasteiger partial charge in [-0.3, -0.25) is 0 Å². The number of rotatable bonds is 3. The van der Waals surface area contributed by atoms with Crippen LogP contribution < -0.4 is 0 Å². The van der Waals surface area contributed by atoms with Crippen LogP contribution in [0.5, 0.6) is 0 Å². The molecule has 0 N–H and O–H groups in total. The Kier molecular flexibility index (Phi) is 4.80. The van der Waals surface area contributed by atoms with E-state index in [1.54, 1.807) is 12.1 Å². The van der Waals surface area contributed by atoms with Crippen molar-refractivity contribution in [3.63, 3.8) is 0 Å². The van der Waals surface area contributed by atoms with Crippen LogP contribution in [0.4, 0.5) is 0 Å². The molecule has 28 heavy (non-hydrogen) atoms. The van der Waals surface area contributed by atoms with Gasteiger partial charge in [0.25, 0.3) is 0 Å². The van der Waals surface area contributed by atoms with Gasteiger partial charge in [0.05, 0.1) is 10.9 Å². The lowest BCUT2D eigenvalue weighted by atomic mass is 10.1. The standard InChI is InChI=1S/C24H21NO2S/c1-18-8-13-21(14-9-18)24-23(17-12-20-6-4-3-5-7-20)25(24)28(26,27)22-15-10-19(2)11-16-22/h3-11,13-16,23-24H,1-2H3/t23-,24+,25?/m1/s1. The number of aryl methyl sites for hydroxylation is 2. The first-order valence-corrected chi connectivity index (χ1v) is 10.6. The summed E-state index contributed by atoms with van der Waals surface area (Å²) in [4.78, 5) is 0.305. The molecule has 3 aromatic carbocycles. The SMILES string of the molecule is Cc1ccc([C@H]2[C@@H](C#Cc3ccccc3)N2S(=O)(=O)c2ccc(C)cc2)cc1. The average molecular weight is 388 g/mol. The van der Waals surface area contributed by atoms with E-state index in [4.69, 9.17) is 0 Å². The normalized spacial score (nSPS) is 20.9. The molecule has 3 atom stereocenters.